The quantitative estimate of drug-likeness (QED) is 0.671. The maximum atomic E-state index is 12.2. The molecule has 0 fully saturated rings. The van der Waals surface area contributed by atoms with Crippen molar-refractivity contribution in [3.05, 3.63) is 58.6 Å². The van der Waals surface area contributed by atoms with E-state index in [4.69, 9.17) is 16.3 Å². The smallest absolute Gasteiger partial charge is 0.275 e. The number of rotatable bonds is 4. The van der Waals surface area contributed by atoms with E-state index >= 15 is 0 Å². The Hall–Kier alpha value is -2.53. The van der Waals surface area contributed by atoms with E-state index in [9.17, 15) is 9.90 Å². The van der Waals surface area contributed by atoms with Crippen molar-refractivity contribution in [1.82, 2.24) is 5.43 Å². The molecule has 2 aromatic carbocycles. The minimum Gasteiger partial charge on any atom is -0.508 e. The Morgan fingerprint density at radius 3 is 2.73 bits per heavy atom. The lowest BCUT2D eigenvalue weighted by molar-refractivity contribution is 0.0952. The number of methoxy groups -OCH3 is 1. The van der Waals surface area contributed by atoms with Gasteiger partial charge in [-0.3, -0.25) is 4.79 Å². The molecule has 2 aromatic rings. The van der Waals surface area contributed by atoms with Crippen LogP contribution < -0.4 is 10.2 Å². The van der Waals surface area contributed by atoms with E-state index in [-0.39, 0.29) is 5.75 Å². The van der Waals surface area contributed by atoms with Crippen LogP contribution in [0.1, 0.15) is 22.8 Å². The number of phenols is 1. The van der Waals surface area contributed by atoms with E-state index in [1.807, 2.05) is 0 Å². The fourth-order valence-corrected chi connectivity index (χ4v) is 2.02. The molecule has 6 heteroatoms. The van der Waals surface area contributed by atoms with Gasteiger partial charge < -0.3 is 9.84 Å². The molecular formula is C16H15ClN2O3. The minimum absolute atomic E-state index is 0.134. The molecule has 0 saturated heterocycles. The number of aromatic hydroxyl groups is 1. The molecule has 5 nitrogen and oxygen atoms in total. The number of hydrogen-bond donors (Lipinski definition) is 2. The predicted octanol–water partition coefficient (Wildman–Crippen LogP) is 3.21. The summed E-state index contributed by atoms with van der Waals surface area (Å²) in [5.74, 6) is 0.112. The van der Waals surface area contributed by atoms with Crippen molar-refractivity contribution in [1.29, 1.82) is 0 Å². The zero-order valence-corrected chi connectivity index (χ0v) is 12.9. The van der Waals surface area contributed by atoms with Crippen molar-refractivity contribution >= 4 is 23.2 Å². The number of carbonyl (C=O) groups is 1. The van der Waals surface area contributed by atoms with Crippen LogP contribution in [0.4, 0.5) is 0 Å². The zero-order chi connectivity index (χ0) is 16.1. The van der Waals surface area contributed by atoms with Crippen molar-refractivity contribution in [3.8, 4) is 11.5 Å². The number of benzene rings is 2. The monoisotopic (exact) mass is 318 g/mol. The first-order valence-corrected chi connectivity index (χ1v) is 6.86. The van der Waals surface area contributed by atoms with Gasteiger partial charge >= 0.3 is 0 Å². The van der Waals surface area contributed by atoms with Gasteiger partial charge in [-0.15, -0.1) is 0 Å². The standard InChI is InChI=1S/C16H15ClN2O3/c1-10(11-4-3-5-13(20)8-11)18-19-16(21)14-9-12(17)6-7-15(14)22-2/h3-9,20H,1-2H3,(H,19,21)/b18-10+. The Kier molecular flexibility index (Phi) is 5.01. The number of amides is 1. The summed E-state index contributed by atoms with van der Waals surface area (Å²) in [5.41, 5.74) is 4.01. The molecular weight excluding hydrogens is 304 g/mol. The molecule has 0 aromatic heterocycles. The highest BCUT2D eigenvalue weighted by atomic mass is 35.5. The van der Waals surface area contributed by atoms with Crippen molar-refractivity contribution < 1.29 is 14.6 Å². The summed E-state index contributed by atoms with van der Waals surface area (Å²) in [7, 11) is 1.47. The molecule has 114 valence electrons. The lowest BCUT2D eigenvalue weighted by Gasteiger charge is -2.08. The largest absolute Gasteiger partial charge is 0.508 e. The fourth-order valence-electron chi connectivity index (χ4n) is 1.85. The SMILES string of the molecule is COc1ccc(Cl)cc1C(=O)N/N=C(\C)c1cccc(O)c1. The molecule has 0 aliphatic rings. The van der Waals surface area contributed by atoms with Gasteiger partial charge in [0.05, 0.1) is 18.4 Å². The number of carbonyl (C=O) groups excluding carboxylic acids is 1. The van der Waals surface area contributed by atoms with Gasteiger partial charge in [0, 0.05) is 10.6 Å². The number of hydrogen-bond acceptors (Lipinski definition) is 4. The minimum atomic E-state index is -0.432. The van der Waals surface area contributed by atoms with Crippen LogP contribution in [0.2, 0.25) is 5.02 Å². The fraction of sp³-hybridized carbons (Fsp3) is 0.125. The molecule has 2 N–H and O–H groups in total. The third kappa shape index (κ3) is 3.77. The summed E-state index contributed by atoms with van der Waals surface area (Å²) < 4.78 is 5.13. The average molecular weight is 319 g/mol. The normalized spacial score (nSPS) is 11.1. The van der Waals surface area contributed by atoms with Crippen LogP contribution in [-0.4, -0.2) is 23.8 Å². The maximum Gasteiger partial charge on any atom is 0.275 e. The zero-order valence-electron chi connectivity index (χ0n) is 12.1. The lowest BCUT2D eigenvalue weighted by atomic mass is 10.1. The molecule has 0 aliphatic carbocycles. The maximum absolute atomic E-state index is 12.2. The lowest BCUT2D eigenvalue weighted by Crippen LogP contribution is -2.20. The van der Waals surface area contributed by atoms with E-state index in [0.717, 1.165) is 0 Å². The van der Waals surface area contributed by atoms with E-state index in [1.165, 1.54) is 13.2 Å². The third-order valence-electron chi connectivity index (χ3n) is 3.00. The Balaban J connectivity index is 2.19. The Morgan fingerprint density at radius 2 is 2.05 bits per heavy atom. The van der Waals surface area contributed by atoms with Gasteiger partial charge in [0.2, 0.25) is 0 Å². The first-order chi connectivity index (χ1) is 10.5. The van der Waals surface area contributed by atoms with Crippen LogP contribution in [0.3, 0.4) is 0 Å². The molecule has 22 heavy (non-hydrogen) atoms. The Morgan fingerprint density at radius 1 is 1.27 bits per heavy atom. The molecule has 2 rings (SSSR count). The van der Waals surface area contributed by atoms with Crippen molar-refractivity contribution in [2.45, 2.75) is 6.92 Å². The molecule has 0 bridgehead atoms. The van der Waals surface area contributed by atoms with Gasteiger partial charge in [-0.2, -0.15) is 5.10 Å². The van der Waals surface area contributed by atoms with E-state index < -0.39 is 5.91 Å². The van der Waals surface area contributed by atoms with Crippen LogP contribution in [0.15, 0.2) is 47.6 Å². The van der Waals surface area contributed by atoms with Gasteiger partial charge in [-0.25, -0.2) is 5.43 Å². The van der Waals surface area contributed by atoms with Gasteiger partial charge in [0.15, 0.2) is 0 Å². The highest BCUT2D eigenvalue weighted by Crippen LogP contribution is 2.22. The summed E-state index contributed by atoms with van der Waals surface area (Å²) >= 11 is 5.89. The number of hydrazone groups is 1. The summed E-state index contributed by atoms with van der Waals surface area (Å²) in [6.07, 6.45) is 0. The van der Waals surface area contributed by atoms with Crippen LogP contribution >= 0.6 is 11.6 Å². The predicted molar refractivity (Wildman–Crippen MR) is 85.8 cm³/mol. The molecule has 0 atom stereocenters. The molecule has 0 aliphatic heterocycles. The Bertz CT molecular complexity index is 729. The number of halogens is 1. The van der Waals surface area contributed by atoms with Gasteiger partial charge in [-0.1, -0.05) is 23.7 Å². The van der Waals surface area contributed by atoms with E-state index in [0.29, 0.717) is 27.6 Å². The number of nitrogens with one attached hydrogen (secondary N) is 1. The molecule has 0 heterocycles. The van der Waals surface area contributed by atoms with Crippen LogP contribution in [0.5, 0.6) is 11.5 Å². The van der Waals surface area contributed by atoms with Gasteiger partial charge in [-0.05, 0) is 37.3 Å². The third-order valence-corrected chi connectivity index (χ3v) is 3.23. The second kappa shape index (κ2) is 6.95. The molecule has 0 spiro atoms. The highest BCUT2D eigenvalue weighted by Gasteiger charge is 2.12. The second-order valence-electron chi connectivity index (χ2n) is 4.53. The first-order valence-electron chi connectivity index (χ1n) is 6.49. The second-order valence-corrected chi connectivity index (χ2v) is 4.97. The summed E-state index contributed by atoms with van der Waals surface area (Å²) in [6.45, 7) is 1.73. The summed E-state index contributed by atoms with van der Waals surface area (Å²) in [4.78, 5) is 12.2. The topological polar surface area (TPSA) is 70.9 Å². The van der Waals surface area contributed by atoms with Crippen molar-refractivity contribution in [2.24, 2.45) is 5.10 Å². The van der Waals surface area contributed by atoms with Crippen LogP contribution in [0.25, 0.3) is 0 Å². The van der Waals surface area contributed by atoms with Gasteiger partial charge in [0.25, 0.3) is 5.91 Å². The van der Waals surface area contributed by atoms with Crippen molar-refractivity contribution in [3.63, 3.8) is 0 Å². The summed E-state index contributed by atoms with van der Waals surface area (Å²) in [6, 6.07) is 11.4. The van der Waals surface area contributed by atoms with E-state index in [1.54, 1.807) is 43.3 Å². The van der Waals surface area contributed by atoms with Crippen LogP contribution in [0, 0.1) is 0 Å². The molecule has 0 unspecified atom stereocenters. The van der Waals surface area contributed by atoms with Gasteiger partial charge in [0.1, 0.15) is 11.5 Å². The first kappa shape index (κ1) is 15.9. The number of ether oxygens (including phenoxy) is 1. The molecule has 1 amide bonds. The average Bonchev–Trinajstić information content (AvgIpc) is 2.52. The number of nitrogens with zero attached hydrogens (tertiary/aromatic N) is 1. The summed E-state index contributed by atoms with van der Waals surface area (Å²) in [5, 5.41) is 13.9. The van der Waals surface area contributed by atoms with Crippen molar-refractivity contribution in [2.75, 3.05) is 7.11 Å². The van der Waals surface area contributed by atoms with Crippen LogP contribution in [-0.2, 0) is 0 Å². The number of phenolic OH excluding ortho intramolecular Hbond substituents is 1. The molecule has 0 radical (unpaired) electrons. The Labute approximate surface area is 133 Å². The molecule has 0 saturated carbocycles. The van der Waals surface area contributed by atoms with E-state index in [2.05, 4.69) is 10.5 Å². The highest BCUT2D eigenvalue weighted by molar-refractivity contribution is 6.31.